The van der Waals surface area contributed by atoms with Crippen LogP contribution in [-0.2, 0) is 6.42 Å². The van der Waals surface area contributed by atoms with E-state index in [0.29, 0.717) is 17.1 Å². The molecule has 0 amide bonds. The maximum atomic E-state index is 13.7. The van der Waals surface area contributed by atoms with Crippen molar-refractivity contribution in [2.24, 2.45) is 0 Å². The Bertz CT molecular complexity index is 393. The number of aliphatic hydroxyl groups excluding tert-OH is 1. The third-order valence-corrected chi connectivity index (χ3v) is 2.84. The highest BCUT2D eigenvalue weighted by molar-refractivity contribution is 9.10. The van der Waals surface area contributed by atoms with E-state index in [-0.39, 0.29) is 17.7 Å². The predicted molar refractivity (Wildman–Crippen MR) is 55.6 cm³/mol. The topological polar surface area (TPSA) is 38.7 Å². The van der Waals surface area contributed by atoms with Crippen LogP contribution in [0.2, 0.25) is 0 Å². The molecule has 0 saturated carbocycles. The first kappa shape index (κ1) is 10.7. The summed E-state index contributed by atoms with van der Waals surface area (Å²) >= 11 is 3.11. The van der Waals surface area contributed by atoms with E-state index in [4.69, 9.17) is 9.47 Å². The Balaban J connectivity index is 2.44. The van der Waals surface area contributed by atoms with Gasteiger partial charge in [0.15, 0.2) is 11.5 Å². The molecule has 2 rings (SSSR count). The number of rotatable bonds is 2. The van der Waals surface area contributed by atoms with Crippen LogP contribution in [-0.4, -0.2) is 18.0 Å². The number of aliphatic hydroxyl groups is 1. The number of fused-ring (bicyclic) bond motifs is 1. The van der Waals surface area contributed by atoms with Crippen molar-refractivity contribution in [2.75, 3.05) is 6.79 Å². The number of hydrogen-bond acceptors (Lipinski definition) is 3. The predicted octanol–water partition coefficient (Wildman–Crippen LogP) is 2.24. The Morgan fingerprint density at radius 3 is 3.00 bits per heavy atom. The molecular formula is C10H10BrFO3. The SMILES string of the molecule is CC(O)Cc1cc2c(c(Br)c1F)OCO2. The van der Waals surface area contributed by atoms with Gasteiger partial charge in [-0.3, -0.25) is 0 Å². The van der Waals surface area contributed by atoms with Crippen molar-refractivity contribution in [2.45, 2.75) is 19.4 Å². The summed E-state index contributed by atoms with van der Waals surface area (Å²) in [5, 5.41) is 9.22. The highest BCUT2D eigenvalue weighted by Gasteiger charge is 2.23. The van der Waals surface area contributed by atoms with Crippen LogP contribution in [0.1, 0.15) is 12.5 Å². The minimum absolute atomic E-state index is 0.103. The zero-order valence-electron chi connectivity index (χ0n) is 8.09. The fraction of sp³-hybridized carbons (Fsp3) is 0.400. The Morgan fingerprint density at radius 2 is 2.33 bits per heavy atom. The molecule has 0 saturated heterocycles. The van der Waals surface area contributed by atoms with Crippen molar-refractivity contribution < 1.29 is 19.0 Å². The highest BCUT2D eigenvalue weighted by Crippen LogP contribution is 2.42. The third-order valence-electron chi connectivity index (χ3n) is 2.14. The van der Waals surface area contributed by atoms with E-state index in [0.717, 1.165) is 0 Å². The molecule has 15 heavy (non-hydrogen) atoms. The number of halogens is 2. The normalized spacial score (nSPS) is 15.5. The molecule has 1 aromatic carbocycles. The molecule has 1 aliphatic heterocycles. The Morgan fingerprint density at radius 1 is 1.60 bits per heavy atom. The van der Waals surface area contributed by atoms with Gasteiger partial charge >= 0.3 is 0 Å². The van der Waals surface area contributed by atoms with Gasteiger partial charge in [-0.25, -0.2) is 4.39 Å². The molecule has 1 aliphatic rings. The van der Waals surface area contributed by atoms with Gasteiger partial charge in [0.2, 0.25) is 6.79 Å². The van der Waals surface area contributed by atoms with Crippen LogP contribution >= 0.6 is 15.9 Å². The van der Waals surface area contributed by atoms with E-state index in [9.17, 15) is 9.50 Å². The molecule has 1 aromatic rings. The van der Waals surface area contributed by atoms with Crippen LogP contribution in [0.4, 0.5) is 4.39 Å². The van der Waals surface area contributed by atoms with E-state index >= 15 is 0 Å². The summed E-state index contributed by atoms with van der Waals surface area (Å²) in [5.41, 5.74) is 0.418. The number of ether oxygens (including phenoxy) is 2. The second-order valence-corrected chi connectivity index (χ2v) is 4.24. The van der Waals surface area contributed by atoms with Gasteiger partial charge in [0, 0.05) is 6.42 Å². The third kappa shape index (κ3) is 1.94. The molecule has 1 heterocycles. The second kappa shape index (κ2) is 3.98. The summed E-state index contributed by atoms with van der Waals surface area (Å²) in [6.07, 6.45) is -0.340. The maximum Gasteiger partial charge on any atom is 0.231 e. The van der Waals surface area contributed by atoms with Crippen LogP contribution in [0.5, 0.6) is 11.5 Å². The lowest BCUT2D eigenvalue weighted by Gasteiger charge is -2.09. The Hall–Kier alpha value is -0.810. The molecule has 0 spiro atoms. The zero-order valence-corrected chi connectivity index (χ0v) is 9.67. The van der Waals surface area contributed by atoms with Gasteiger partial charge in [-0.05, 0) is 34.5 Å². The standard InChI is InChI=1S/C10H10BrFO3/c1-5(13)2-6-3-7-10(15-4-14-7)8(11)9(6)12/h3,5,13H,2,4H2,1H3. The van der Waals surface area contributed by atoms with Crippen molar-refractivity contribution in [1.82, 2.24) is 0 Å². The minimum atomic E-state index is -0.591. The Labute approximate surface area is 94.9 Å². The molecule has 0 aliphatic carbocycles. The van der Waals surface area contributed by atoms with Gasteiger partial charge in [0.05, 0.1) is 10.6 Å². The Kier molecular flexibility index (Phi) is 2.84. The molecule has 0 radical (unpaired) electrons. The van der Waals surface area contributed by atoms with Crippen LogP contribution in [0, 0.1) is 5.82 Å². The van der Waals surface area contributed by atoms with Gasteiger partial charge in [0.1, 0.15) is 5.82 Å². The average molecular weight is 277 g/mol. The fourth-order valence-corrected chi connectivity index (χ4v) is 2.06. The second-order valence-electron chi connectivity index (χ2n) is 3.45. The van der Waals surface area contributed by atoms with E-state index in [2.05, 4.69) is 15.9 Å². The van der Waals surface area contributed by atoms with Crippen molar-refractivity contribution in [3.63, 3.8) is 0 Å². The summed E-state index contributed by atoms with van der Waals surface area (Å²) in [5.74, 6) is 0.501. The summed E-state index contributed by atoms with van der Waals surface area (Å²) < 4.78 is 24.2. The molecule has 82 valence electrons. The van der Waals surface area contributed by atoms with Gasteiger partial charge < -0.3 is 14.6 Å². The van der Waals surface area contributed by atoms with Gasteiger partial charge in [0.25, 0.3) is 0 Å². The van der Waals surface area contributed by atoms with Crippen LogP contribution in [0.25, 0.3) is 0 Å². The first-order chi connectivity index (χ1) is 7.09. The monoisotopic (exact) mass is 276 g/mol. The molecule has 0 aromatic heterocycles. The van der Waals surface area contributed by atoms with E-state index in [1.54, 1.807) is 13.0 Å². The number of hydrogen-bond donors (Lipinski definition) is 1. The molecule has 0 bridgehead atoms. The smallest absolute Gasteiger partial charge is 0.231 e. The molecular weight excluding hydrogens is 267 g/mol. The summed E-state index contributed by atoms with van der Waals surface area (Å²) in [4.78, 5) is 0. The van der Waals surface area contributed by atoms with Gasteiger partial charge in [-0.2, -0.15) is 0 Å². The lowest BCUT2D eigenvalue weighted by Crippen LogP contribution is -2.06. The first-order valence-electron chi connectivity index (χ1n) is 4.54. The summed E-state index contributed by atoms with van der Waals surface area (Å²) in [6.45, 7) is 1.71. The maximum absolute atomic E-state index is 13.7. The van der Waals surface area contributed by atoms with Crippen molar-refractivity contribution in [3.05, 3.63) is 21.9 Å². The molecule has 0 fully saturated rings. The summed E-state index contributed by atoms with van der Waals surface area (Å²) in [6, 6.07) is 1.56. The number of benzene rings is 1. The van der Waals surface area contributed by atoms with E-state index < -0.39 is 11.9 Å². The molecule has 1 unspecified atom stereocenters. The van der Waals surface area contributed by atoms with Crippen molar-refractivity contribution >= 4 is 15.9 Å². The first-order valence-corrected chi connectivity index (χ1v) is 5.33. The molecule has 1 N–H and O–H groups in total. The highest BCUT2D eigenvalue weighted by atomic mass is 79.9. The van der Waals surface area contributed by atoms with Crippen molar-refractivity contribution in [1.29, 1.82) is 0 Å². The van der Waals surface area contributed by atoms with Crippen LogP contribution in [0.15, 0.2) is 10.5 Å². The molecule has 5 heteroatoms. The van der Waals surface area contributed by atoms with Crippen LogP contribution < -0.4 is 9.47 Å². The summed E-state index contributed by atoms with van der Waals surface area (Å²) in [7, 11) is 0. The molecule has 3 nitrogen and oxygen atoms in total. The lowest BCUT2D eigenvalue weighted by atomic mass is 10.1. The van der Waals surface area contributed by atoms with E-state index in [1.165, 1.54) is 0 Å². The van der Waals surface area contributed by atoms with Gasteiger partial charge in [-0.15, -0.1) is 0 Å². The average Bonchev–Trinajstić information content (AvgIpc) is 2.61. The zero-order chi connectivity index (χ0) is 11.0. The minimum Gasteiger partial charge on any atom is -0.454 e. The van der Waals surface area contributed by atoms with E-state index in [1.807, 2.05) is 0 Å². The van der Waals surface area contributed by atoms with Gasteiger partial charge in [-0.1, -0.05) is 0 Å². The van der Waals surface area contributed by atoms with Crippen molar-refractivity contribution in [3.8, 4) is 11.5 Å². The lowest BCUT2D eigenvalue weighted by molar-refractivity contribution is 0.173. The fourth-order valence-electron chi connectivity index (χ4n) is 1.50. The molecule has 1 atom stereocenters. The quantitative estimate of drug-likeness (QED) is 0.901. The van der Waals surface area contributed by atoms with Crippen LogP contribution in [0.3, 0.4) is 0 Å². The largest absolute Gasteiger partial charge is 0.454 e.